The highest BCUT2D eigenvalue weighted by molar-refractivity contribution is 6.29. The highest BCUT2D eigenvalue weighted by atomic mass is 35.5. The van der Waals surface area contributed by atoms with Crippen molar-refractivity contribution in [2.24, 2.45) is 0 Å². The van der Waals surface area contributed by atoms with Gasteiger partial charge < -0.3 is 4.57 Å². The first-order valence-electron chi connectivity index (χ1n) is 5.00. The van der Waals surface area contributed by atoms with Crippen LogP contribution in [0.2, 0.25) is 5.15 Å². The molecule has 0 saturated carbocycles. The molecule has 0 saturated heterocycles. The molecule has 1 aromatic carbocycles. The van der Waals surface area contributed by atoms with Crippen molar-refractivity contribution in [3.8, 4) is 11.4 Å². The molecule has 0 N–H and O–H groups in total. The summed E-state index contributed by atoms with van der Waals surface area (Å²) in [7, 11) is 0. The third kappa shape index (κ3) is 1.90. The predicted molar refractivity (Wildman–Crippen MR) is 63.1 cm³/mol. The van der Waals surface area contributed by atoms with Crippen molar-refractivity contribution in [3.05, 3.63) is 41.2 Å². The van der Waals surface area contributed by atoms with Gasteiger partial charge in [-0.25, -0.2) is 4.98 Å². The van der Waals surface area contributed by atoms with E-state index in [1.54, 1.807) is 6.20 Å². The summed E-state index contributed by atoms with van der Waals surface area (Å²) in [4.78, 5) is 4.32. The molecule has 1 heterocycles. The first-order valence-corrected chi connectivity index (χ1v) is 5.38. The minimum atomic E-state index is 0.688. The lowest BCUT2D eigenvalue weighted by Gasteiger charge is -2.05. The molecule has 3 heteroatoms. The summed E-state index contributed by atoms with van der Waals surface area (Å²) in [6.07, 6.45) is 1.69. The fraction of sp³-hybridized carbons (Fsp3) is 0.250. The van der Waals surface area contributed by atoms with Gasteiger partial charge in [-0.3, -0.25) is 0 Å². The molecule has 0 bridgehead atoms. The molecule has 0 aliphatic carbocycles. The van der Waals surface area contributed by atoms with Crippen LogP contribution < -0.4 is 0 Å². The van der Waals surface area contributed by atoms with E-state index in [4.69, 9.17) is 11.6 Å². The molecule has 0 fully saturated rings. The van der Waals surface area contributed by atoms with Crippen molar-refractivity contribution < 1.29 is 0 Å². The van der Waals surface area contributed by atoms with Gasteiger partial charge in [0.1, 0.15) is 11.0 Å². The van der Waals surface area contributed by atoms with Crippen LogP contribution in [0.4, 0.5) is 0 Å². The lowest BCUT2D eigenvalue weighted by Crippen LogP contribution is -1.97. The Kier molecular flexibility index (Phi) is 2.78. The van der Waals surface area contributed by atoms with Crippen molar-refractivity contribution in [2.75, 3.05) is 0 Å². The lowest BCUT2D eigenvalue weighted by molar-refractivity contribution is 0.771. The van der Waals surface area contributed by atoms with Crippen molar-refractivity contribution in [3.63, 3.8) is 0 Å². The molecule has 1 aromatic heterocycles. The Labute approximate surface area is 94.5 Å². The summed E-state index contributed by atoms with van der Waals surface area (Å²) in [6.45, 7) is 4.97. The van der Waals surface area contributed by atoms with Gasteiger partial charge in [0.2, 0.25) is 0 Å². The molecule has 0 aliphatic rings. The van der Waals surface area contributed by atoms with Crippen LogP contribution in [0.15, 0.2) is 30.5 Å². The maximum Gasteiger partial charge on any atom is 0.141 e. The van der Waals surface area contributed by atoms with Crippen LogP contribution in [0, 0.1) is 6.92 Å². The van der Waals surface area contributed by atoms with Crippen LogP contribution in [-0.2, 0) is 6.54 Å². The van der Waals surface area contributed by atoms with Crippen LogP contribution in [0.3, 0.4) is 0 Å². The number of rotatable bonds is 2. The molecule has 0 unspecified atom stereocenters. The minimum absolute atomic E-state index is 0.688. The molecule has 2 aromatic rings. The van der Waals surface area contributed by atoms with E-state index in [-0.39, 0.29) is 0 Å². The molecule has 0 radical (unpaired) electrons. The second-order valence-corrected chi connectivity index (χ2v) is 3.90. The van der Waals surface area contributed by atoms with Gasteiger partial charge in [0.05, 0.1) is 6.20 Å². The summed E-state index contributed by atoms with van der Waals surface area (Å²) in [6, 6.07) is 8.30. The van der Waals surface area contributed by atoms with Gasteiger partial charge in [-0.1, -0.05) is 41.4 Å². The van der Waals surface area contributed by atoms with Gasteiger partial charge in [0, 0.05) is 12.1 Å². The Morgan fingerprint density at radius 2 is 1.93 bits per heavy atom. The molecule has 0 amide bonds. The third-order valence-corrected chi connectivity index (χ3v) is 2.73. The maximum atomic E-state index is 6.03. The Balaban J connectivity index is 2.49. The highest BCUT2D eigenvalue weighted by Gasteiger charge is 2.08. The summed E-state index contributed by atoms with van der Waals surface area (Å²) < 4.78 is 1.99. The highest BCUT2D eigenvalue weighted by Crippen LogP contribution is 2.22. The fourth-order valence-corrected chi connectivity index (χ4v) is 1.84. The fourth-order valence-electron chi connectivity index (χ4n) is 1.59. The second-order valence-electron chi connectivity index (χ2n) is 3.51. The number of hydrogen-bond acceptors (Lipinski definition) is 1. The zero-order chi connectivity index (χ0) is 10.8. The van der Waals surface area contributed by atoms with Gasteiger partial charge >= 0.3 is 0 Å². The van der Waals surface area contributed by atoms with Crippen LogP contribution in [0.1, 0.15) is 12.5 Å². The second kappa shape index (κ2) is 4.07. The standard InChI is InChI=1S/C12H13ClN2/c1-3-15-11(13)8-14-12(15)10-6-4-9(2)5-7-10/h4-8H,3H2,1-2H3. The molecule has 0 spiro atoms. The third-order valence-electron chi connectivity index (χ3n) is 2.43. The van der Waals surface area contributed by atoms with E-state index in [9.17, 15) is 0 Å². The van der Waals surface area contributed by atoms with E-state index >= 15 is 0 Å². The summed E-state index contributed by atoms with van der Waals surface area (Å²) in [5.41, 5.74) is 2.36. The predicted octanol–water partition coefficient (Wildman–Crippen LogP) is 3.53. The van der Waals surface area contributed by atoms with E-state index < -0.39 is 0 Å². The average Bonchev–Trinajstić information content (AvgIpc) is 2.61. The number of benzene rings is 1. The van der Waals surface area contributed by atoms with Crippen LogP contribution >= 0.6 is 11.6 Å². The Hall–Kier alpha value is -1.28. The van der Waals surface area contributed by atoms with Crippen molar-refractivity contribution in [2.45, 2.75) is 20.4 Å². The smallest absolute Gasteiger partial charge is 0.141 e. The SMILES string of the molecule is CCn1c(Cl)cnc1-c1ccc(C)cc1. The Morgan fingerprint density at radius 3 is 2.53 bits per heavy atom. The molecule has 0 aliphatic heterocycles. The Morgan fingerprint density at radius 1 is 1.27 bits per heavy atom. The van der Waals surface area contributed by atoms with Crippen LogP contribution in [0.25, 0.3) is 11.4 Å². The summed E-state index contributed by atoms with van der Waals surface area (Å²) >= 11 is 6.03. The minimum Gasteiger partial charge on any atom is -0.315 e. The molecule has 78 valence electrons. The maximum absolute atomic E-state index is 6.03. The number of aryl methyl sites for hydroxylation is 1. The number of hydrogen-bond donors (Lipinski definition) is 0. The zero-order valence-electron chi connectivity index (χ0n) is 8.87. The molecule has 0 atom stereocenters. The summed E-state index contributed by atoms with van der Waals surface area (Å²) in [5, 5.41) is 0.688. The van der Waals surface area contributed by atoms with Crippen molar-refractivity contribution >= 4 is 11.6 Å². The van der Waals surface area contributed by atoms with E-state index in [1.807, 2.05) is 4.57 Å². The largest absolute Gasteiger partial charge is 0.315 e. The van der Waals surface area contributed by atoms with Crippen molar-refractivity contribution in [1.29, 1.82) is 0 Å². The van der Waals surface area contributed by atoms with Gasteiger partial charge in [-0.05, 0) is 13.8 Å². The average molecular weight is 221 g/mol. The number of nitrogens with zero attached hydrogens (tertiary/aromatic N) is 2. The first-order chi connectivity index (χ1) is 7.22. The van der Waals surface area contributed by atoms with Gasteiger partial charge in [0.15, 0.2) is 0 Å². The van der Waals surface area contributed by atoms with E-state index in [1.165, 1.54) is 5.56 Å². The van der Waals surface area contributed by atoms with Gasteiger partial charge in [0.25, 0.3) is 0 Å². The summed E-state index contributed by atoms with van der Waals surface area (Å²) in [5.74, 6) is 0.933. The zero-order valence-corrected chi connectivity index (χ0v) is 9.62. The quantitative estimate of drug-likeness (QED) is 0.757. The van der Waals surface area contributed by atoms with E-state index in [0.717, 1.165) is 17.9 Å². The lowest BCUT2D eigenvalue weighted by atomic mass is 10.1. The normalized spacial score (nSPS) is 10.6. The number of imidazole rings is 1. The van der Waals surface area contributed by atoms with E-state index in [0.29, 0.717) is 5.15 Å². The number of halogens is 1. The van der Waals surface area contributed by atoms with Crippen LogP contribution in [0.5, 0.6) is 0 Å². The molecule has 15 heavy (non-hydrogen) atoms. The number of aromatic nitrogens is 2. The van der Waals surface area contributed by atoms with E-state index in [2.05, 4.69) is 43.1 Å². The molecular formula is C12H13ClN2. The topological polar surface area (TPSA) is 17.8 Å². The molecule has 2 rings (SSSR count). The van der Waals surface area contributed by atoms with Gasteiger partial charge in [-0.2, -0.15) is 0 Å². The van der Waals surface area contributed by atoms with Crippen molar-refractivity contribution in [1.82, 2.24) is 9.55 Å². The molecule has 2 nitrogen and oxygen atoms in total. The molecular weight excluding hydrogens is 208 g/mol. The monoisotopic (exact) mass is 220 g/mol. The van der Waals surface area contributed by atoms with Gasteiger partial charge in [-0.15, -0.1) is 0 Å². The first kappa shape index (κ1) is 10.2. The van der Waals surface area contributed by atoms with Crippen LogP contribution in [-0.4, -0.2) is 9.55 Å². The Bertz CT molecular complexity index is 457.